The average molecular weight is 566 g/mol. The van der Waals surface area contributed by atoms with Gasteiger partial charge in [0.05, 0.1) is 17.8 Å². The predicted octanol–water partition coefficient (Wildman–Crippen LogP) is 0.240. The number of aromatic nitrogens is 3. The highest BCUT2D eigenvalue weighted by Gasteiger charge is 2.55. The first-order valence-corrected chi connectivity index (χ1v) is 14.1. The fourth-order valence-electron chi connectivity index (χ4n) is 4.58. The van der Waals surface area contributed by atoms with Crippen LogP contribution in [-0.4, -0.2) is 58.9 Å². The molecule has 14 heteroatoms. The van der Waals surface area contributed by atoms with E-state index >= 15 is 0 Å². The molecule has 0 radical (unpaired) electrons. The summed E-state index contributed by atoms with van der Waals surface area (Å²) in [5.41, 5.74) is 0.846. The number of hydrogen-bond donors (Lipinski definition) is 3. The number of aryl methyl sites for hydroxylation is 1. The number of nitrogens with one attached hydrogen (secondary N) is 3. The molecule has 1 saturated carbocycles. The maximum Gasteiger partial charge on any atom is 0.263 e. The van der Waals surface area contributed by atoms with Crippen molar-refractivity contribution < 1.29 is 22.7 Å². The number of hydrogen-bond acceptors (Lipinski definition) is 9. The Kier molecular flexibility index (Phi) is 7.26. The maximum atomic E-state index is 13.1. The van der Waals surface area contributed by atoms with Crippen molar-refractivity contribution in [1.82, 2.24) is 30.1 Å². The van der Waals surface area contributed by atoms with E-state index in [0.717, 1.165) is 5.56 Å². The fraction of sp³-hybridized carbons (Fsp3) is 0.385. The van der Waals surface area contributed by atoms with E-state index in [4.69, 9.17) is 10.00 Å². The minimum Gasteiger partial charge on any atom is -0.473 e. The number of nitriles is 1. The van der Waals surface area contributed by atoms with Gasteiger partial charge in [-0.25, -0.2) is 13.1 Å². The molecular weight excluding hydrogens is 538 g/mol. The largest absolute Gasteiger partial charge is 0.473 e. The van der Waals surface area contributed by atoms with Gasteiger partial charge in [0.15, 0.2) is 0 Å². The highest BCUT2D eigenvalue weighted by molar-refractivity contribution is 7.91. The van der Waals surface area contributed by atoms with Gasteiger partial charge in [0.2, 0.25) is 15.9 Å². The smallest absolute Gasteiger partial charge is 0.263 e. The molecule has 1 atom stereocenters. The van der Waals surface area contributed by atoms with E-state index in [1.165, 1.54) is 23.9 Å². The lowest BCUT2D eigenvalue weighted by molar-refractivity contribution is -0.119. The van der Waals surface area contributed by atoms with Gasteiger partial charge in [0.25, 0.3) is 17.3 Å². The molecule has 0 spiro atoms. The zero-order valence-corrected chi connectivity index (χ0v) is 22.5. The van der Waals surface area contributed by atoms with Gasteiger partial charge in [-0.05, 0) is 43.0 Å². The third-order valence-electron chi connectivity index (χ3n) is 7.23. The monoisotopic (exact) mass is 565 g/mol. The molecule has 1 saturated heterocycles. The Labute approximate surface area is 229 Å². The van der Waals surface area contributed by atoms with E-state index in [2.05, 4.69) is 25.6 Å². The normalized spacial score (nSPS) is 17.7. The number of pyridine rings is 1. The van der Waals surface area contributed by atoms with Crippen LogP contribution in [0.15, 0.2) is 41.3 Å². The van der Waals surface area contributed by atoms with Crippen LogP contribution in [0, 0.1) is 11.3 Å². The number of sulfonamides is 1. The number of nitrogens with zero attached hydrogens (tertiary/aromatic N) is 4. The van der Waals surface area contributed by atoms with Crippen LogP contribution in [-0.2, 0) is 28.4 Å². The molecule has 3 heterocycles. The van der Waals surface area contributed by atoms with Crippen LogP contribution in [0.1, 0.15) is 47.2 Å². The molecule has 40 heavy (non-hydrogen) atoms. The van der Waals surface area contributed by atoms with E-state index in [1.54, 1.807) is 24.3 Å². The molecule has 1 aliphatic carbocycles. The van der Waals surface area contributed by atoms with Gasteiger partial charge in [0, 0.05) is 38.0 Å². The number of amides is 2. The highest BCUT2D eigenvalue weighted by Crippen LogP contribution is 2.43. The maximum absolute atomic E-state index is 13.1. The molecule has 5 rings (SSSR count). The van der Waals surface area contributed by atoms with Gasteiger partial charge in [-0.2, -0.15) is 10.4 Å². The molecule has 1 unspecified atom stereocenters. The summed E-state index contributed by atoms with van der Waals surface area (Å²) in [5, 5.41) is 22.7. The summed E-state index contributed by atoms with van der Waals surface area (Å²) < 4.78 is 34.6. The Morgan fingerprint density at radius 1 is 1.27 bits per heavy atom. The lowest BCUT2D eigenvalue weighted by atomic mass is 10.1. The first kappa shape index (κ1) is 27.2. The molecule has 208 valence electrons. The second kappa shape index (κ2) is 10.7. The van der Waals surface area contributed by atoms with Gasteiger partial charge in [0.1, 0.15) is 22.4 Å². The second-order valence-corrected chi connectivity index (χ2v) is 12.2. The lowest BCUT2D eigenvalue weighted by Gasteiger charge is -2.20. The van der Waals surface area contributed by atoms with Crippen molar-refractivity contribution in [3.05, 3.63) is 63.6 Å². The Morgan fingerprint density at radius 2 is 2.02 bits per heavy atom. The number of ether oxygens (including phenoxy) is 1. The van der Waals surface area contributed by atoms with Gasteiger partial charge < -0.3 is 19.9 Å². The molecule has 2 amide bonds. The summed E-state index contributed by atoms with van der Waals surface area (Å²) in [4.78, 5) is 37.4. The van der Waals surface area contributed by atoms with E-state index < -0.39 is 26.2 Å². The van der Waals surface area contributed by atoms with Gasteiger partial charge in [-0.15, -0.1) is 5.10 Å². The molecule has 3 N–H and O–H groups in total. The van der Waals surface area contributed by atoms with Crippen LogP contribution in [0.5, 0.6) is 5.88 Å². The van der Waals surface area contributed by atoms with Crippen molar-refractivity contribution in [3.8, 4) is 11.9 Å². The van der Waals surface area contributed by atoms with E-state index in [0.29, 0.717) is 36.6 Å². The molecule has 13 nitrogen and oxygen atoms in total. The van der Waals surface area contributed by atoms with Crippen molar-refractivity contribution in [2.75, 3.05) is 13.2 Å². The number of benzene rings is 1. The molecule has 2 fully saturated rings. The molecule has 0 bridgehead atoms. The molecular formula is C26H27N7O6S. The van der Waals surface area contributed by atoms with Gasteiger partial charge in [-0.3, -0.25) is 14.4 Å². The fourth-order valence-corrected chi connectivity index (χ4v) is 6.16. The quantitative estimate of drug-likeness (QED) is 0.310. The molecule has 3 aromatic rings. The second-order valence-electron chi connectivity index (χ2n) is 9.99. The molecule has 1 aliphatic heterocycles. The van der Waals surface area contributed by atoms with Crippen molar-refractivity contribution in [3.63, 3.8) is 0 Å². The summed E-state index contributed by atoms with van der Waals surface area (Å²) in [6.07, 6.45) is 3.11. The van der Waals surface area contributed by atoms with Crippen LogP contribution < -0.4 is 25.7 Å². The third-order valence-corrected chi connectivity index (χ3v) is 9.44. The first-order valence-electron chi connectivity index (χ1n) is 12.7. The standard InChI is InChI=1S/C26H27N7O6S/c1-33-22-18(10-20(25(33)36)23(35)28-12-17-4-2-16(11-27)3-5-17)13-29-32-24(22)39-15-26(8-9-26)40(37,38)30-14-19-6-7-21(34)31-19/h2-5,10,13,19,30H,6-9,12,14-15H2,1H3,(H,28,35)(H,31,34). The number of fused-ring (bicyclic) bond motifs is 1. The summed E-state index contributed by atoms with van der Waals surface area (Å²) >= 11 is 0. The van der Waals surface area contributed by atoms with Crippen molar-refractivity contribution in [1.29, 1.82) is 5.26 Å². The lowest BCUT2D eigenvalue weighted by Crippen LogP contribution is -2.45. The zero-order valence-electron chi connectivity index (χ0n) is 21.6. The summed E-state index contributed by atoms with van der Waals surface area (Å²) in [6.45, 7) is 0.0645. The van der Waals surface area contributed by atoms with Gasteiger partial charge in [-0.1, -0.05) is 12.1 Å². The van der Waals surface area contributed by atoms with Crippen molar-refractivity contribution in [2.45, 2.75) is 43.0 Å². The summed E-state index contributed by atoms with van der Waals surface area (Å²) in [6, 6.07) is 9.88. The third kappa shape index (κ3) is 5.38. The molecule has 2 aromatic heterocycles. The number of carbonyl (C=O) groups is 2. The van der Waals surface area contributed by atoms with Crippen molar-refractivity contribution in [2.24, 2.45) is 7.05 Å². The Balaban J connectivity index is 1.30. The summed E-state index contributed by atoms with van der Waals surface area (Å²) in [5.74, 6) is -0.703. The predicted molar refractivity (Wildman–Crippen MR) is 143 cm³/mol. The van der Waals surface area contributed by atoms with E-state index in [-0.39, 0.29) is 48.6 Å². The Bertz CT molecular complexity index is 1690. The van der Waals surface area contributed by atoms with E-state index in [9.17, 15) is 22.8 Å². The number of rotatable bonds is 10. The Morgan fingerprint density at radius 3 is 2.67 bits per heavy atom. The summed E-state index contributed by atoms with van der Waals surface area (Å²) in [7, 11) is -2.29. The molecule has 2 aliphatic rings. The van der Waals surface area contributed by atoms with Gasteiger partial charge >= 0.3 is 0 Å². The molecule has 1 aromatic carbocycles. The zero-order chi connectivity index (χ0) is 28.5. The number of carbonyl (C=O) groups excluding carboxylic acids is 2. The first-order chi connectivity index (χ1) is 19.1. The Hall–Kier alpha value is -4.35. The van der Waals surface area contributed by atoms with Crippen molar-refractivity contribution >= 4 is 32.7 Å². The topological polar surface area (TPSA) is 185 Å². The van der Waals surface area contributed by atoms with Crippen LogP contribution in [0.25, 0.3) is 10.9 Å². The van der Waals surface area contributed by atoms with Crippen LogP contribution in [0.2, 0.25) is 0 Å². The minimum atomic E-state index is -3.76. The van der Waals surface area contributed by atoms with Crippen LogP contribution in [0.3, 0.4) is 0 Å². The highest BCUT2D eigenvalue weighted by atomic mass is 32.2. The average Bonchev–Trinajstić information content (AvgIpc) is 3.65. The van der Waals surface area contributed by atoms with Crippen LogP contribution >= 0.6 is 0 Å². The van der Waals surface area contributed by atoms with E-state index in [1.807, 2.05) is 6.07 Å². The minimum absolute atomic E-state index is 0.0221. The van der Waals surface area contributed by atoms with Crippen LogP contribution in [0.4, 0.5) is 0 Å². The SMILES string of the molecule is Cn1c(=O)c(C(=O)NCc2ccc(C#N)cc2)cc2cnnc(OCC3(S(=O)(=O)NCC4CCC(=O)N4)CC3)c21.